The summed E-state index contributed by atoms with van der Waals surface area (Å²) in [6.45, 7) is 1.97. The van der Waals surface area contributed by atoms with Crippen molar-refractivity contribution < 1.29 is 4.74 Å². The molecule has 2 N–H and O–H groups in total. The molecule has 0 amide bonds. The molecule has 146 valence electrons. The van der Waals surface area contributed by atoms with Gasteiger partial charge in [0.2, 0.25) is 0 Å². The Balaban J connectivity index is 1.27. The zero-order valence-electron chi connectivity index (χ0n) is 16.0. The summed E-state index contributed by atoms with van der Waals surface area (Å²) in [4.78, 5) is 17.1. The largest absolute Gasteiger partial charge is 0.489 e. The van der Waals surface area contributed by atoms with E-state index in [1.54, 1.807) is 12.4 Å². The second-order valence-electron chi connectivity index (χ2n) is 7.27. The van der Waals surface area contributed by atoms with Gasteiger partial charge in [0.05, 0.1) is 17.2 Å². The Labute approximate surface area is 167 Å². The zero-order valence-corrected chi connectivity index (χ0v) is 16.0. The van der Waals surface area contributed by atoms with E-state index in [4.69, 9.17) is 4.74 Å². The van der Waals surface area contributed by atoms with E-state index in [1.807, 2.05) is 37.3 Å². The predicted octanol–water partition coefficient (Wildman–Crippen LogP) is 3.91. The Hall–Kier alpha value is -3.55. The molecule has 4 aromatic rings. The molecule has 4 heterocycles. The summed E-state index contributed by atoms with van der Waals surface area (Å²) in [5.41, 5.74) is 2.69. The van der Waals surface area contributed by atoms with Crippen molar-refractivity contribution in [3.8, 4) is 5.75 Å². The van der Waals surface area contributed by atoms with Crippen molar-refractivity contribution in [2.24, 2.45) is 0 Å². The van der Waals surface area contributed by atoms with Gasteiger partial charge in [-0.05, 0) is 50.5 Å². The molecular weight excluding hydrogens is 366 g/mol. The maximum atomic E-state index is 6.17. The third-order valence-electron chi connectivity index (χ3n) is 5.33. The SMILES string of the molecule is Cc1ncccc1O[C@H]1CC[C@@H](c2cc(Nc3ncnc4ncccc34)n[nH]2)C1. The summed E-state index contributed by atoms with van der Waals surface area (Å²) in [6.07, 6.45) is 8.24. The van der Waals surface area contributed by atoms with Gasteiger partial charge in [0.1, 0.15) is 17.9 Å². The summed E-state index contributed by atoms with van der Waals surface area (Å²) in [6, 6.07) is 9.75. The van der Waals surface area contributed by atoms with E-state index in [9.17, 15) is 0 Å². The fourth-order valence-electron chi connectivity index (χ4n) is 3.83. The van der Waals surface area contributed by atoms with Crippen LogP contribution in [-0.2, 0) is 0 Å². The number of aryl methyl sites for hydroxylation is 1. The molecule has 0 spiro atoms. The molecule has 5 rings (SSSR count). The lowest BCUT2D eigenvalue weighted by Gasteiger charge is -2.15. The minimum atomic E-state index is 0.194. The van der Waals surface area contributed by atoms with Crippen LogP contribution in [0, 0.1) is 6.92 Å². The molecule has 0 unspecified atom stereocenters. The first kappa shape index (κ1) is 17.5. The Kier molecular flexibility index (Phi) is 4.51. The summed E-state index contributed by atoms with van der Waals surface area (Å²) < 4.78 is 6.17. The number of nitrogens with one attached hydrogen (secondary N) is 2. The van der Waals surface area contributed by atoms with Crippen molar-refractivity contribution in [3.05, 3.63) is 60.4 Å². The molecule has 8 heteroatoms. The summed E-state index contributed by atoms with van der Waals surface area (Å²) in [5, 5.41) is 11.7. The van der Waals surface area contributed by atoms with Crippen LogP contribution in [0.25, 0.3) is 11.0 Å². The Morgan fingerprint density at radius 2 is 1.97 bits per heavy atom. The molecule has 8 nitrogen and oxygen atoms in total. The zero-order chi connectivity index (χ0) is 19.6. The van der Waals surface area contributed by atoms with Crippen molar-refractivity contribution >= 4 is 22.7 Å². The fraction of sp³-hybridized carbons (Fsp3) is 0.286. The van der Waals surface area contributed by atoms with Crippen LogP contribution in [0.4, 0.5) is 11.6 Å². The van der Waals surface area contributed by atoms with Crippen LogP contribution in [-0.4, -0.2) is 36.2 Å². The molecule has 1 aliphatic rings. The van der Waals surface area contributed by atoms with Gasteiger partial charge >= 0.3 is 0 Å². The van der Waals surface area contributed by atoms with Gasteiger partial charge in [0.25, 0.3) is 0 Å². The van der Waals surface area contributed by atoms with Crippen molar-refractivity contribution in [2.45, 2.75) is 38.2 Å². The van der Waals surface area contributed by atoms with Gasteiger partial charge in [-0.15, -0.1) is 0 Å². The number of ether oxygens (including phenoxy) is 1. The van der Waals surface area contributed by atoms with Gasteiger partial charge < -0.3 is 10.1 Å². The Morgan fingerprint density at radius 3 is 2.90 bits per heavy atom. The van der Waals surface area contributed by atoms with Crippen molar-refractivity contribution in [2.75, 3.05) is 5.32 Å². The fourth-order valence-corrected chi connectivity index (χ4v) is 3.83. The average Bonchev–Trinajstić information content (AvgIpc) is 3.40. The van der Waals surface area contributed by atoms with Crippen molar-refractivity contribution in [1.82, 2.24) is 30.1 Å². The lowest BCUT2D eigenvalue weighted by Crippen LogP contribution is -2.13. The van der Waals surface area contributed by atoms with E-state index >= 15 is 0 Å². The van der Waals surface area contributed by atoms with E-state index in [2.05, 4.69) is 35.5 Å². The lowest BCUT2D eigenvalue weighted by atomic mass is 10.0. The number of rotatable bonds is 5. The predicted molar refractivity (Wildman–Crippen MR) is 109 cm³/mol. The molecule has 0 aliphatic heterocycles. The topological polar surface area (TPSA) is 102 Å². The summed E-state index contributed by atoms with van der Waals surface area (Å²) >= 11 is 0. The molecule has 1 saturated carbocycles. The molecule has 0 bridgehead atoms. The Morgan fingerprint density at radius 1 is 1.07 bits per heavy atom. The van der Waals surface area contributed by atoms with E-state index in [-0.39, 0.29) is 6.10 Å². The molecular formula is C21H21N7O. The van der Waals surface area contributed by atoms with Gasteiger partial charge in [-0.25, -0.2) is 15.0 Å². The number of H-pyrrole nitrogens is 1. The standard InChI is InChI=1S/C21H21N7O/c1-13-18(5-3-8-22-13)29-15-7-6-14(10-15)17-11-19(28-27-17)26-21-16-4-2-9-23-20(16)24-12-25-21/h2-5,8-9,11-12,14-15H,6-7,10H2,1H3,(H2,23,24,25,26,27,28)/t14-,15+/m1/s1. The van der Waals surface area contributed by atoms with Gasteiger partial charge in [-0.1, -0.05) is 0 Å². The number of pyridine rings is 2. The minimum absolute atomic E-state index is 0.194. The number of fused-ring (bicyclic) bond motifs is 1. The van der Waals surface area contributed by atoms with Crippen LogP contribution in [0.1, 0.15) is 36.6 Å². The van der Waals surface area contributed by atoms with Crippen molar-refractivity contribution in [1.29, 1.82) is 0 Å². The number of aromatic nitrogens is 6. The molecule has 4 aromatic heterocycles. The second kappa shape index (κ2) is 7.46. The maximum absolute atomic E-state index is 6.17. The number of aromatic amines is 1. The number of hydrogen-bond acceptors (Lipinski definition) is 7. The third-order valence-corrected chi connectivity index (χ3v) is 5.33. The van der Waals surface area contributed by atoms with E-state index in [0.29, 0.717) is 17.4 Å². The van der Waals surface area contributed by atoms with Crippen LogP contribution in [0.5, 0.6) is 5.75 Å². The van der Waals surface area contributed by atoms with E-state index in [1.165, 1.54) is 6.33 Å². The highest BCUT2D eigenvalue weighted by Gasteiger charge is 2.29. The summed E-state index contributed by atoms with van der Waals surface area (Å²) in [7, 11) is 0. The Bertz CT molecular complexity index is 1140. The first-order valence-corrected chi connectivity index (χ1v) is 9.72. The molecule has 0 saturated heterocycles. The van der Waals surface area contributed by atoms with Crippen LogP contribution in [0.3, 0.4) is 0 Å². The quantitative estimate of drug-likeness (QED) is 0.535. The first-order chi connectivity index (χ1) is 14.3. The van der Waals surface area contributed by atoms with Crippen LogP contribution < -0.4 is 10.1 Å². The highest BCUT2D eigenvalue weighted by molar-refractivity contribution is 5.87. The molecule has 1 fully saturated rings. The third kappa shape index (κ3) is 3.61. The average molecular weight is 387 g/mol. The van der Waals surface area contributed by atoms with Crippen LogP contribution in [0.2, 0.25) is 0 Å². The van der Waals surface area contributed by atoms with Gasteiger partial charge in [0.15, 0.2) is 11.5 Å². The monoisotopic (exact) mass is 387 g/mol. The summed E-state index contributed by atoms with van der Waals surface area (Å²) in [5.74, 6) is 2.69. The van der Waals surface area contributed by atoms with Crippen molar-refractivity contribution in [3.63, 3.8) is 0 Å². The second-order valence-corrected chi connectivity index (χ2v) is 7.27. The maximum Gasteiger partial charge on any atom is 0.164 e. The van der Waals surface area contributed by atoms with E-state index in [0.717, 1.165) is 47.6 Å². The lowest BCUT2D eigenvalue weighted by molar-refractivity contribution is 0.205. The molecule has 2 atom stereocenters. The highest BCUT2D eigenvalue weighted by Crippen LogP contribution is 2.37. The normalized spacial score (nSPS) is 18.8. The van der Waals surface area contributed by atoms with Gasteiger partial charge in [-0.3, -0.25) is 10.1 Å². The first-order valence-electron chi connectivity index (χ1n) is 9.72. The minimum Gasteiger partial charge on any atom is -0.489 e. The molecule has 29 heavy (non-hydrogen) atoms. The smallest absolute Gasteiger partial charge is 0.164 e. The number of anilines is 2. The molecule has 0 radical (unpaired) electrons. The van der Waals surface area contributed by atoms with Crippen LogP contribution >= 0.6 is 0 Å². The van der Waals surface area contributed by atoms with Gasteiger partial charge in [0, 0.05) is 30.1 Å². The molecule has 1 aliphatic carbocycles. The van der Waals surface area contributed by atoms with Crippen LogP contribution in [0.15, 0.2) is 49.1 Å². The highest BCUT2D eigenvalue weighted by atomic mass is 16.5. The van der Waals surface area contributed by atoms with E-state index < -0.39 is 0 Å². The number of nitrogens with zero attached hydrogens (tertiary/aromatic N) is 5. The number of hydrogen-bond donors (Lipinski definition) is 2. The molecule has 0 aromatic carbocycles. The van der Waals surface area contributed by atoms with Gasteiger partial charge in [-0.2, -0.15) is 5.10 Å².